The fourth-order valence-corrected chi connectivity index (χ4v) is 5.72. The normalized spacial score (nSPS) is 13.1. The molecule has 2 aromatic carbocycles. The zero-order chi connectivity index (χ0) is 28.6. The maximum Gasteiger partial charge on any atom is 0.243 e. The van der Waals surface area contributed by atoms with Crippen molar-refractivity contribution in [2.24, 2.45) is 0 Å². The minimum Gasteiger partial charge on any atom is -0.352 e. The van der Waals surface area contributed by atoms with Gasteiger partial charge in [0.25, 0.3) is 0 Å². The molecule has 2 atom stereocenters. The first kappa shape index (κ1) is 31.9. The summed E-state index contributed by atoms with van der Waals surface area (Å²) in [5, 5.41) is 3.79. The van der Waals surface area contributed by atoms with Gasteiger partial charge in [-0.2, -0.15) is 0 Å². The molecule has 0 spiro atoms. The summed E-state index contributed by atoms with van der Waals surface area (Å²) in [5.74, 6) is -0.520. The molecule has 210 valence electrons. The van der Waals surface area contributed by atoms with Gasteiger partial charge in [-0.1, -0.05) is 55.2 Å². The number of carbonyl (C=O) groups excluding carboxylic acids is 2. The van der Waals surface area contributed by atoms with Gasteiger partial charge in [-0.05, 0) is 69.4 Å². The smallest absolute Gasteiger partial charge is 0.243 e. The summed E-state index contributed by atoms with van der Waals surface area (Å²) in [4.78, 5) is 28.3. The fourth-order valence-electron chi connectivity index (χ4n) is 4.18. The Balaban J connectivity index is 2.32. The van der Waals surface area contributed by atoms with Crippen LogP contribution in [0.2, 0.25) is 10.0 Å². The van der Waals surface area contributed by atoms with Gasteiger partial charge in [-0.15, -0.1) is 0 Å². The highest BCUT2D eigenvalue weighted by molar-refractivity contribution is 7.92. The predicted molar refractivity (Wildman–Crippen MR) is 156 cm³/mol. The summed E-state index contributed by atoms with van der Waals surface area (Å²) in [6, 6.07) is 9.98. The molecule has 7 nitrogen and oxygen atoms in total. The number of carbonyl (C=O) groups is 2. The molecule has 0 aromatic heterocycles. The number of aryl methyl sites for hydroxylation is 2. The Kier molecular flexibility index (Phi) is 11.9. The molecular weight excluding hydrogens is 545 g/mol. The molecule has 0 aliphatic heterocycles. The monoisotopic (exact) mass is 583 g/mol. The maximum absolute atomic E-state index is 13.6. The highest BCUT2D eigenvalue weighted by Gasteiger charge is 2.30. The van der Waals surface area contributed by atoms with Crippen molar-refractivity contribution in [2.75, 3.05) is 17.1 Å². The summed E-state index contributed by atoms with van der Waals surface area (Å²) in [7, 11) is -3.58. The molecule has 0 unspecified atom stereocenters. The third-order valence-corrected chi connectivity index (χ3v) is 8.45. The van der Waals surface area contributed by atoms with E-state index in [1.807, 2.05) is 52.8 Å². The Morgan fingerprint density at radius 3 is 2.21 bits per heavy atom. The molecule has 0 saturated carbocycles. The zero-order valence-corrected chi connectivity index (χ0v) is 25.4. The van der Waals surface area contributed by atoms with E-state index in [-0.39, 0.29) is 43.8 Å². The third kappa shape index (κ3) is 8.61. The molecule has 0 radical (unpaired) electrons. The minimum absolute atomic E-state index is 0.0432. The molecule has 2 rings (SSSR count). The van der Waals surface area contributed by atoms with Crippen LogP contribution >= 0.6 is 23.2 Å². The van der Waals surface area contributed by atoms with Crippen LogP contribution in [0.3, 0.4) is 0 Å². The van der Waals surface area contributed by atoms with Crippen LogP contribution in [0.4, 0.5) is 5.69 Å². The summed E-state index contributed by atoms with van der Waals surface area (Å²) in [6.07, 6.45) is 2.64. The van der Waals surface area contributed by atoms with E-state index >= 15 is 0 Å². The van der Waals surface area contributed by atoms with E-state index < -0.39 is 16.1 Å². The highest BCUT2D eigenvalue weighted by Crippen LogP contribution is 2.28. The minimum atomic E-state index is -3.58. The maximum atomic E-state index is 13.6. The van der Waals surface area contributed by atoms with E-state index in [0.29, 0.717) is 27.7 Å². The Morgan fingerprint density at radius 2 is 1.66 bits per heavy atom. The van der Waals surface area contributed by atoms with E-state index in [0.717, 1.165) is 23.8 Å². The van der Waals surface area contributed by atoms with Crippen LogP contribution in [0.5, 0.6) is 0 Å². The zero-order valence-electron chi connectivity index (χ0n) is 23.1. The van der Waals surface area contributed by atoms with E-state index in [1.54, 1.807) is 18.2 Å². The second-order valence-electron chi connectivity index (χ2n) is 9.69. The molecule has 2 amide bonds. The van der Waals surface area contributed by atoms with Crippen LogP contribution < -0.4 is 9.62 Å². The molecule has 38 heavy (non-hydrogen) atoms. The van der Waals surface area contributed by atoms with E-state index in [4.69, 9.17) is 23.2 Å². The fraction of sp³-hybridized carbons (Fsp3) is 0.500. The molecule has 0 saturated heterocycles. The molecule has 0 aliphatic rings. The number of hydrogen-bond acceptors (Lipinski definition) is 4. The largest absolute Gasteiger partial charge is 0.352 e. The predicted octanol–water partition coefficient (Wildman–Crippen LogP) is 5.88. The Morgan fingerprint density at radius 1 is 1.03 bits per heavy atom. The van der Waals surface area contributed by atoms with Gasteiger partial charge < -0.3 is 10.2 Å². The molecule has 0 heterocycles. The van der Waals surface area contributed by atoms with E-state index in [1.165, 1.54) is 9.21 Å². The van der Waals surface area contributed by atoms with E-state index in [2.05, 4.69) is 5.32 Å². The topological polar surface area (TPSA) is 86.8 Å². The summed E-state index contributed by atoms with van der Waals surface area (Å²) in [6.45, 7) is 9.69. The first-order chi connectivity index (χ1) is 17.8. The number of anilines is 1. The van der Waals surface area contributed by atoms with Gasteiger partial charge in [0.2, 0.25) is 21.8 Å². The number of sulfonamides is 1. The van der Waals surface area contributed by atoms with Gasteiger partial charge >= 0.3 is 0 Å². The van der Waals surface area contributed by atoms with Crippen LogP contribution in [0.25, 0.3) is 0 Å². The number of benzene rings is 2. The summed E-state index contributed by atoms with van der Waals surface area (Å²) >= 11 is 12.8. The van der Waals surface area contributed by atoms with Gasteiger partial charge in [0.1, 0.15) is 6.04 Å². The van der Waals surface area contributed by atoms with Crippen molar-refractivity contribution >= 4 is 50.7 Å². The number of amides is 2. The second kappa shape index (κ2) is 14.2. The molecule has 0 aliphatic carbocycles. The van der Waals surface area contributed by atoms with Crippen molar-refractivity contribution in [3.63, 3.8) is 0 Å². The average molecular weight is 585 g/mol. The Hall–Kier alpha value is -2.29. The number of nitrogens with zero attached hydrogens (tertiary/aromatic N) is 2. The lowest BCUT2D eigenvalue weighted by molar-refractivity contribution is -0.141. The second-order valence-corrected chi connectivity index (χ2v) is 12.4. The third-order valence-electron chi connectivity index (χ3n) is 6.56. The molecule has 10 heteroatoms. The first-order valence-electron chi connectivity index (χ1n) is 12.9. The van der Waals surface area contributed by atoms with Crippen molar-refractivity contribution in [1.82, 2.24) is 10.2 Å². The van der Waals surface area contributed by atoms with Gasteiger partial charge in [0.15, 0.2) is 0 Å². The van der Waals surface area contributed by atoms with Gasteiger partial charge in [-0.25, -0.2) is 8.42 Å². The van der Waals surface area contributed by atoms with Gasteiger partial charge in [-0.3, -0.25) is 13.9 Å². The van der Waals surface area contributed by atoms with Crippen molar-refractivity contribution < 1.29 is 18.0 Å². The number of halogens is 2. The molecule has 2 aromatic rings. The van der Waals surface area contributed by atoms with Gasteiger partial charge in [0.05, 0.1) is 11.9 Å². The number of nitrogens with one attached hydrogen (secondary N) is 1. The van der Waals surface area contributed by atoms with Gasteiger partial charge in [0, 0.05) is 41.2 Å². The number of rotatable bonds is 13. The van der Waals surface area contributed by atoms with Crippen molar-refractivity contribution in [2.45, 2.75) is 78.9 Å². The van der Waals surface area contributed by atoms with Crippen LogP contribution in [-0.4, -0.2) is 50.0 Å². The van der Waals surface area contributed by atoms with Crippen molar-refractivity contribution in [3.05, 3.63) is 63.1 Å². The molecule has 0 bridgehead atoms. The first-order valence-corrected chi connectivity index (χ1v) is 15.5. The van der Waals surface area contributed by atoms with Crippen molar-refractivity contribution in [1.29, 1.82) is 0 Å². The van der Waals surface area contributed by atoms with Crippen LogP contribution in [0.1, 0.15) is 63.1 Å². The molecule has 0 fully saturated rings. The average Bonchev–Trinajstić information content (AvgIpc) is 2.84. The van der Waals surface area contributed by atoms with E-state index in [9.17, 15) is 18.0 Å². The van der Waals surface area contributed by atoms with Crippen LogP contribution in [0.15, 0.2) is 36.4 Å². The Bertz CT molecular complexity index is 1220. The summed E-state index contributed by atoms with van der Waals surface area (Å²) < 4.78 is 26.6. The lowest BCUT2D eigenvalue weighted by Crippen LogP contribution is -2.50. The lowest BCUT2D eigenvalue weighted by Gasteiger charge is -2.32. The van der Waals surface area contributed by atoms with Crippen LogP contribution in [0, 0.1) is 13.8 Å². The summed E-state index contributed by atoms with van der Waals surface area (Å²) in [5.41, 5.74) is 2.93. The molecule has 1 N–H and O–H groups in total. The highest BCUT2D eigenvalue weighted by atomic mass is 35.5. The lowest BCUT2D eigenvalue weighted by atomic mass is 10.1. The van der Waals surface area contributed by atoms with Crippen molar-refractivity contribution in [3.8, 4) is 0 Å². The number of hydrogen-bond donors (Lipinski definition) is 1. The SMILES string of the molecule is CC[C@H](C)NC(=O)[C@H](CC)N(Cc1c(Cl)cccc1Cl)C(=O)CCCN(c1cc(C)ccc1C)S(C)(=O)=O. The molecular formula is C28H39Cl2N3O4S. The quantitative estimate of drug-likeness (QED) is 0.319. The van der Waals surface area contributed by atoms with Crippen LogP contribution in [-0.2, 0) is 26.2 Å². The standard InChI is InChI=1S/C28H39Cl2N3O4S/c1-7-21(5)31-28(35)25(8-2)32(18-22-23(29)11-9-12-24(22)30)27(34)13-10-16-33(38(6,36)37)26-17-19(3)14-15-20(26)4/h9,11-12,14-15,17,21,25H,7-8,10,13,16,18H2,1-6H3,(H,31,35)/t21-,25-/m0/s1. The Labute approximate surface area is 237 Å².